The topological polar surface area (TPSA) is 61.2 Å². The van der Waals surface area contributed by atoms with Gasteiger partial charge in [0, 0.05) is 15.3 Å². The number of nitrogens with zero attached hydrogens (tertiary/aromatic N) is 2. The predicted octanol–water partition coefficient (Wildman–Crippen LogP) is 4.61. The van der Waals surface area contributed by atoms with Crippen LogP contribution in [0.15, 0.2) is 36.4 Å². The molecule has 2 heterocycles. The van der Waals surface area contributed by atoms with Gasteiger partial charge in [-0.3, -0.25) is 4.79 Å². The summed E-state index contributed by atoms with van der Waals surface area (Å²) in [7, 11) is 0. The number of benzene rings is 1. The van der Waals surface area contributed by atoms with Crippen molar-refractivity contribution >= 4 is 34.7 Å². The number of ketones is 1. The molecule has 27 heavy (non-hydrogen) atoms. The highest BCUT2D eigenvalue weighted by Crippen LogP contribution is 2.23. The van der Waals surface area contributed by atoms with Crippen LogP contribution in [-0.2, 0) is 11.3 Å². The fourth-order valence-electron chi connectivity index (χ4n) is 2.84. The van der Waals surface area contributed by atoms with E-state index in [1.807, 2.05) is 50.2 Å². The summed E-state index contributed by atoms with van der Waals surface area (Å²) in [6.07, 6.45) is 0. The number of ether oxygens (including phenoxy) is 1. The van der Waals surface area contributed by atoms with Gasteiger partial charge in [0.1, 0.15) is 10.7 Å². The van der Waals surface area contributed by atoms with Crippen LogP contribution in [0, 0.1) is 20.8 Å². The molecule has 0 saturated carbocycles. The maximum Gasteiger partial charge on any atom is 0.343 e. The minimum Gasteiger partial charge on any atom is -0.454 e. The zero-order valence-electron chi connectivity index (χ0n) is 15.3. The van der Waals surface area contributed by atoms with E-state index in [4.69, 9.17) is 16.3 Å². The highest BCUT2D eigenvalue weighted by molar-refractivity contribution is 7.12. The van der Waals surface area contributed by atoms with Gasteiger partial charge in [-0.2, -0.15) is 5.10 Å². The van der Waals surface area contributed by atoms with E-state index in [0.29, 0.717) is 17.8 Å². The number of carbonyl (C=O) groups excluding carboxylic acids is 2. The fraction of sp³-hybridized carbons (Fsp3) is 0.250. The van der Waals surface area contributed by atoms with Crippen LogP contribution in [0.5, 0.6) is 0 Å². The van der Waals surface area contributed by atoms with Crippen LogP contribution in [0.4, 0.5) is 0 Å². The molecule has 0 bridgehead atoms. The Morgan fingerprint density at radius 2 is 1.89 bits per heavy atom. The van der Waals surface area contributed by atoms with Gasteiger partial charge in [0.15, 0.2) is 6.61 Å². The largest absolute Gasteiger partial charge is 0.454 e. The molecule has 0 spiro atoms. The molecular weight excluding hydrogens is 384 g/mol. The number of carbonyl (C=O) groups is 2. The smallest absolute Gasteiger partial charge is 0.343 e. The van der Waals surface area contributed by atoms with E-state index in [2.05, 4.69) is 5.10 Å². The number of thiophene rings is 1. The second-order valence-electron chi connectivity index (χ2n) is 6.22. The summed E-state index contributed by atoms with van der Waals surface area (Å²) in [6, 6.07) is 11.5. The van der Waals surface area contributed by atoms with Gasteiger partial charge < -0.3 is 4.74 Å². The number of aromatic nitrogens is 2. The summed E-state index contributed by atoms with van der Waals surface area (Å²) in [4.78, 5) is 26.7. The number of Topliss-reactive ketones (excluding diaryl/α,β-unsaturated/α-hetero) is 1. The quantitative estimate of drug-likeness (QED) is 0.446. The van der Waals surface area contributed by atoms with E-state index in [9.17, 15) is 9.59 Å². The van der Waals surface area contributed by atoms with E-state index in [-0.39, 0.29) is 23.1 Å². The lowest BCUT2D eigenvalue weighted by atomic mass is 10.2. The average Bonchev–Trinajstić information content (AvgIpc) is 3.11. The lowest BCUT2D eigenvalue weighted by molar-refractivity contribution is 0.0474. The highest BCUT2D eigenvalue weighted by atomic mass is 35.5. The molecule has 0 aliphatic carbocycles. The molecule has 0 amide bonds. The van der Waals surface area contributed by atoms with E-state index in [1.54, 1.807) is 22.9 Å². The van der Waals surface area contributed by atoms with Crippen molar-refractivity contribution in [2.24, 2.45) is 0 Å². The first-order valence-electron chi connectivity index (χ1n) is 8.41. The molecule has 0 fully saturated rings. The van der Waals surface area contributed by atoms with Crippen molar-refractivity contribution in [3.05, 3.63) is 73.7 Å². The number of esters is 1. The zero-order chi connectivity index (χ0) is 19.6. The number of rotatable bonds is 6. The van der Waals surface area contributed by atoms with Gasteiger partial charge >= 0.3 is 5.97 Å². The number of aryl methyl sites for hydroxylation is 3. The van der Waals surface area contributed by atoms with Crippen LogP contribution in [0.2, 0.25) is 5.15 Å². The summed E-state index contributed by atoms with van der Waals surface area (Å²) < 4.78 is 6.76. The second-order valence-corrected chi connectivity index (χ2v) is 8.04. The van der Waals surface area contributed by atoms with Crippen LogP contribution < -0.4 is 0 Å². The molecule has 0 radical (unpaired) electrons. The first-order valence-corrected chi connectivity index (χ1v) is 9.60. The number of hydrogen-bond acceptors (Lipinski definition) is 5. The van der Waals surface area contributed by atoms with Gasteiger partial charge in [0.2, 0.25) is 5.78 Å². The molecule has 0 saturated heterocycles. The molecule has 0 atom stereocenters. The minimum atomic E-state index is -0.644. The maximum absolute atomic E-state index is 12.5. The fourth-order valence-corrected chi connectivity index (χ4v) is 4.09. The maximum atomic E-state index is 12.5. The average molecular weight is 403 g/mol. The Hall–Kier alpha value is -2.44. The third kappa shape index (κ3) is 4.28. The summed E-state index contributed by atoms with van der Waals surface area (Å²) in [5.74, 6) is -0.870. The summed E-state index contributed by atoms with van der Waals surface area (Å²) in [6.45, 7) is 5.62. The first kappa shape index (κ1) is 19.3. The van der Waals surface area contributed by atoms with Crippen molar-refractivity contribution in [2.75, 3.05) is 6.61 Å². The molecule has 0 aliphatic heterocycles. The van der Waals surface area contributed by atoms with E-state index in [1.165, 1.54) is 0 Å². The Balaban J connectivity index is 1.71. The van der Waals surface area contributed by atoms with E-state index >= 15 is 0 Å². The van der Waals surface area contributed by atoms with Gasteiger partial charge in [-0.05, 0) is 32.4 Å². The Bertz CT molecular complexity index is 992. The van der Waals surface area contributed by atoms with E-state index in [0.717, 1.165) is 15.3 Å². The molecule has 0 unspecified atom stereocenters. The number of hydrogen-bond donors (Lipinski definition) is 0. The van der Waals surface area contributed by atoms with Crippen LogP contribution in [0.1, 0.15) is 41.7 Å². The first-order chi connectivity index (χ1) is 12.9. The molecule has 7 heteroatoms. The van der Waals surface area contributed by atoms with Crippen LogP contribution >= 0.6 is 22.9 Å². The van der Waals surface area contributed by atoms with Crippen molar-refractivity contribution in [3.8, 4) is 0 Å². The van der Waals surface area contributed by atoms with Crippen LogP contribution in [-0.4, -0.2) is 28.1 Å². The lowest BCUT2D eigenvalue weighted by Gasteiger charge is -2.05. The molecule has 5 nitrogen and oxygen atoms in total. The predicted molar refractivity (Wildman–Crippen MR) is 106 cm³/mol. The van der Waals surface area contributed by atoms with Crippen LogP contribution in [0.3, 0.4) is 0 Å². The summed E-state index contributed by atoms with van der Waals surface area (Å²) in [5, 5.41) is 4.53. The van der Waals surface area contributed by atoms with Gasteiger partial charge in [-0.1, -0.05) is 41.9 Å². The molecule has 3 aromatic rings. The van der Waals surface area contributed by atoms with E-state index < -0.39 is 5.97 Å². The van der Waals surface area contributed by atoms with Gasteiger partial charge in [0.25, 0.3) is 0 Å². The van der Waals surface area contributed by atoms with Crippen molar-refractivity contribution in [1.29, 1.82) is 0 Å². The SMILES string of the molecule is Cc1cc(C(=O)COC(=O)c2c(C)nn(Cc3ccccc3)c2Cl)c(C)s1. The normalized spacial score (nSPS) is 10.8. The molecule has 0 aliphatic rings. The van der Waals surface area contributed by atoms with Crippen molar-refractivity contribution < 1.29 is 14.3 Å². The van der Waals surface area contributed by atoms with Crippen molar-refractivity contribution in [2.45, 2.75) is 27.3 Å². The van der Waals surface area contributed by atoms with Gasteiger partial charge in [-0.15, -0.1) is 11.3 Å². The molecule has 3 rings (SSSR count). The Morgan fingerprint density at radius 3 is 2.52 bits per heavy atom. The Labute approximate surface area is 166 Å². The number of halogens is 1. The minimum absolute atomic E-state index is 0.193. The highest BCUT2D eigenvalue weighted by Gasteiger charge is 2.23. The zero-order valence-corrected chi connectivity index (χ0v) is 16.9. The third-order valence-electron chi connectivity index (χ3n) is 4.12. The molecule has 1 aromatic carbocycles. The molecule has 2 aromatic heterocycles. The standard InChI is InChI=1S/C20H19ClN2O3S/c1-12-9-16(14(3)27-12)17(24)11-26-20(25)18-13(2)22-23(19(18)21)10-15-7-5-4-6-8-15/h4-9H,10-11H2,1-3H3. The second kappa shape index (κ2) is 8.06. The Kier molecular flexibility index (Phi) is 5.77. The Morgan fingerprint density at radius 1 is 1.19 bits per heavy atom. The summed E-state index contributed by atoms with van der Waals surface area (Å²) >= 11 is 7.89. The van der Waals surface area contributed by atoms with Gasteiger partial charge in [-0.25, -0.2) is 9.48 Å². The van der Waals surface area contributed by atoms with Gasteiger partial charge in [0.05, 0.1) is 12.2 Å². The van der Waals surface area contributed by atoms with Crippen LogP contribution in [0.25, 0.3) is 0 Å². The molecule has 0 N–H and O–H groups in total. The van der Waals surface area contributed by atoms with Crippen molar-refractivity contribution in [3.63, 3.8) is 0 Å². The third-order valence-corrected chi connectivity index (χ3v) is 5.47. The molecule has 140 valence electrons. The summed E-state index contributed by atoms with van der Waals surface area (Å²) in [5.41, 5.74) is 2.27. The van der Waals surface area contributed by atoms with Crippen molar-refractivity contribution in [1.82, 2.24) is 9.78 Å². The lowest BCUT2D eigenvalue weighted by Crippen LogP contribution is -2.15. The monoisotopic (exact) mass is 402 g/mol. The molecular formula is C20H19ClN2O3S.